The highest BCUT2D eigenvalue weighted by Gasteiger charge is 2.18. The molecule has 2 heterocycles. The average molecular weight is 412 g/mol. The standard InChI is InChI=1S/C18H20BrClN2O2/c19-13-4-6-15(16(20)11-13)17-7-5-14(24-17)12-21-8-2-10-22-9-1-3-18(22)23/h4-7,11,21H,1-3,8-10,12H2. The Morgan fingerprint density at radius 2 is 2.17 bits per heavy atom. The molecule has 0 unspecified atom stereocenters. The third-order valence-corrected chi connectivity index (χ3v) is 4.92. The summed E-state index contributed by atoms with van der Waals surface area (Å²) in [6.07, 6.45) is 2.67. The van der Waals surface area contributed by atoms with Crippen molar-refractivity contribution < 1.29 is 9.21 Å². The summed E-state index contributed by atoms with van der Waals surface area (Å²) in [5, 5.41) is 4.02. The summed E-state index contributed by atoms with van der Waals surface area (Å²) in [7, 11) is 0. The zero-order valence-corrected chi connectivity index (χ0v) is 15.7. The molecule has 1 fully saturated rings. The molecule has 0 bridgehead atoms. The van der Waals surface area contributed by atoms with Gasteiger partial charge in [0.2, 0.25) is 5.91 Å². The van der Waals surface area contributed by atoms with E-state index in [2.05, 4.69) is 21.2 Å². The SMILES string of the molecule is O=C1CCCN1CCCNCc1ccc(-c2ccc(Br)cc2Cl)o1. The van der Waals surface area contributed by atoms with Crippen molar-refractivity contribution >= 4 is 33.4 Å². The van der Waals surface area contributed by atoms with Crippen molar-refractivity contribution in [2.24, 2.45) is 0 Å². The summed E-state index contributed by atoms with van der Waals surface area (Å²) in [6.45, 7) is 3.28. The number of rotatable bonds is 7. The summed E-state index contributed by atoms with van der Waals surface area (Å²) in [5.41, 5.74) is 0.888. The minimum Gasteiger partial charge on any atom is -0.460 e. The molecular weight excluding hydrogens is 392 g/mol. The number of carbonyl (C=O) groups is 1. The number of benzene rings is 1. The Morgan fingerprint density at radius 3 is 2.92 bits per heavy atom. The predicted molar refractivity (Wildman–Crippen MR) is 99.0 cm³/mol. The average Bonchev–Trinajstić information content (AvgIpc) is 3.17. The first-order valence-electron chi connectivity index (χ1n) is 8.16. The van der Waals surface area contributed by atoms with E-state index in [0.717, 1.165) is 54.0 Å². The second kappa shape index (κ2) is 8.19. The van der Waals surface area contributed by atoms with E-state index in [4.69, 9.17) is 16.0 Å². The number of carbonyl (C=O) groups excluding carboxylic acids is 1. The van der Waals surface area contributed by atoms with Crippen molar-refractivity contribution in [3.8, 4) is 11.3 Å². The van der Waals surface area contributed by atoms with E-state index in [9.17, 15) is 4.79 Å². The molecule has 1 N–H and O–H groups in total. The van der Waals surface area contributed by atoms with Crippen molar-refractivity contribution in [2.45, 2.75) is 25.8 Å². The molecule has 1 saturated heterocycles. The second-order valence-corrected chi connectivity index (χ2v) is 7.23. The zero-order chi connectivity index (χ0) is 16.9. The highest BCUT2D eigenvalue weighted by atomic mass is 79.9. The van der Waals surface area contributed by atoms with E-state index in [1.165, 1.54) is 0 Å². The number of amides is 1. The third kappa shape index (κ3) is 4.41. The van der Waals surface area contributed by atoms with Gasteiger partial charge in [-0.1, -0.05) is 27.5 Å². The van der Waals surface area contributed by atoms with Crippen LogP contribution in [0.2, 0.25) is 5.02 Å². The van der Waals surface area contributed by atoms with Gasteiger partial charge in [0.05, 0.1) is 11.6 Å². The maximum atomic E-state index is 11.5. The normalized spacial score (nSPS) is 14.6. The van der Waals surface area contributed by atoms with Gasteiger partial charge in [0.15, 0.2) is 0 Å². The molecule has 0 aliphatic carbocycles. The van der Waals surface area contributed by atoms with Crippen LogP contribution in [-0.4, -0.2) is 30.4 Å². The first-order valence-corrected chi connectivity index (χ1v) is 9.33. The van der Waals surface area contributed by atoms with E-state index in [-0.39, 0.29) is 5.91 Å². The molecule has 6 heteroatoms. The summed E-state index contributed by atoms with van der Waals surface area (Å²) in [4.78, 5) is 13.5. The number of likely N-dealkylation sites (tertiary alicyclic amines) is 1. The monoisotopic (exact) mass is 410 g/mol. The van der Waals surface area contributed by atoms with E-state index in [0.29, 0.717) is 18.0 Å². The van der Waals surface area contributed by atoms with Gasteiger partial charge in [-0.05, 0) is 49.7 Å². The number of nitrogens with one attached hydrogen (secondary N) is 1. The quantitative estimate of drug-likeness (QED) is 0.684. The van der Waals surface area contributed by atoms with Crippen LogP contribution in [0.3, 0.4) is 0 Å². The summed E-state index contributed by atoms with van der Waals surface area (Å²) in [6, 6.07) is 9.65. The molecule has 2 aromatic rings. The van der Waals surface area contributed by atoms with Gasteiger partial charge in [-0.2, -0.15) is 0 Å². The number of furan rings is 1. The van der Waals surface area contributed by atoms with Gasteiger partial charge < -0.3 is 14.6 Å². The Morgan fingerprint density at radius 1 is 1.29 bits per heavy atom. The highest BCUT2D eigenvalue weighted by Crippen LogP contribution is 2.31. The Labute approximate surface area is 155 Å². The van der Waals surface area contributed by atoms with Crippen molar-refractivity contribution in [3.05, 3.63) is 45.6 Å². The predicted octanol–water partition coefficient (Wildman–Crippen LogP) is 4.46. The van der Waals surface area contributed by atoms with Gasteiger partial charge in [0.1, 0.15) is 11.5 Å². The second-order valence-electron chi connectivity index (χ2n) is 5.90. The Kier molecular flexibility index (Phi) is 5.98. The van der Waals surface area contributed by atoms with Crippen LogP contribution in [0.5, 0.6) is 0 Å². The van der Waals surface area contributed by atoms with Gasteiger partial charge in [0.25, 0.3) is 0 Å². The van der Waals surface area contributed by atoms with E-state index >= 15 is 0 Å². The first kappa shape index (κ1) is 17.5. The molecule has 4 nitrogen and oxygen atoms in total. The van der Waals surface area contributed by atoms with Crippen LogP contribution in [0.15, 0.2) is 39.2 Å². The molecule has 1 amide bonds. The largest absolute Gasteiger partial charge is 0.460 e. The van der Waals surface area contributed by atoms with Gasteiger partial charge in [-0.25, -0.2) is 0 Å². The molecule has 0 atom stereocenters. The number of nitrogens with zero attached hydrogens (tertiary/aromatic N) is 1. The number of hydrogen-bond acceptors (Lipinski definition) is 3. The number of halogens is 2. The first-order chi connectivity index (χ1) is 11.6. The molecule has 1 aromatic heterocycles. The zero-order valence-electron chi connectivity index (χ0n) is 13.4. The van der Waals surface area contributed by atoms with Crippen LogP contribution in [-0.2, 0) is 11.3 Å². The molecule has 0 saturated carbocycles. The maximum absolute atomic E-state index is 11.5. The van der Waals surface area contributed by atoms with Gasteiger partial charge in [-0.15, -0.1) is 0 Å². The van der Waals surface area contributed by atoms with Crippen molar-refractivity contribution in [1.82, 2.24) is 10.2 Å². The Bertz CT molecular complexity index is 717. The Hall–Kier alpha value is -1.30. The van der Waals surface area contributed by atoms with Crippen molar-refractivity contribution in [3.63, 3.8) is 0 Å². The van der Waals surface area contributed by atoms with Crippen LogP contribution < -0.4 is 5.32 Å². The smallest absolute Gasteiger partial charge is 0.222 e. The van der Waals surface area contributed by atoms with Crippen LogP contribution in [0.25, 0.3) is 11.3 Å². The molecule has 1 aliphatic heterocycles. The minimum absolute atomic E-state index is 0.289. The lowest BCUT2D eigenvalue weighted by atomic mass is 10.2. The molecule has 0 spiro atoms. The van der Waals surface area contributed by atoms with Crippen LogP contribution in [0.4, 0.5) is 0 Å². The van der Waals surface area contributed by atoms with E-state index in [1.807, 2.05) is 35.2 Å². The fourth-order valence-corrected chi connectivity index (χ4v) is 3.62. The fourth-order valence-electron chi connectivity index (χ4n) is 2.85. The lowest BCUT2D eigenvalue weighted by Gasteiger charge is -2.15. The van der Waals surface area contributed by atoms with E-state index in [1.54, 1.807) is 0 Å². The van der Waals surface area contributed by atoms with Crippen LogP contribution in [0, 0.1) is 0 Å². The van der Waals surface area contributed by atoms with E-state index < -0.39 is 0 Å². The van der Waals surface area contributed by atoms with Gasteiger partial charge >= 0.3 is 0 Å². The summed E-state index contributed by atoms with van der Waals surface area (Å²) in [5.74, 6) is 1.94. The number of hydrogen-bond donors (Lipinski definition) is 1. The Balaban J connectivity index is 1.45. The highest BCUT2D eigenvalue weighted by molar-refractivity contribution is 9.10. The van der Waals surface area contributed by atoms with Crippen LogP contribution in [0.1, 0.15) is 25.0 Å². The third-order valence-electron chi connectivity index (χ3n) is 4.11. The molecule has 24 heavy (non-hydrogen) atoms. The topological polar surface area (TPSA) is 45.5 Å². The molecule has 128 valence electrons. The molecule has 1 aromatic carbocycles. The lowest BCUT2D eigenvalue weighted by molar-refractivity contribution is -0.127. The summed E-state index contributed by atoms with van der Waals surface area (Å²) < 4.78 is 6.81. The maximum Gasteiger partial charge on any atom is 0.222 e. The molecule has 0 radical (unpaired) electrons. The van der Waals surface area contributed by atoms with Gasteiger partial charge in [-0.3, -0.25) is 4.79 Å². The molecule has 3 rings (SSSR count). The minimum atomic E-state index is 0.289. The fraction of sp³-hybridized carbons (Fsp3) is 0.389. The summed E-state index contributed by atoms with van der Waals surface area (Å²) >= 11 is 9.66. The molecular formula is C18H20BrClN2O2. The van der Waals surface area contributed by atoms with Gasteiger partial charge in [0, 0.05) is 29.5 Å². The lowest BCUT2D eigenvalue weighted by Crippen LogP contribution is -2.28. The van der Waals surface area contributed by atoms with Crippen molar-refractivity contribution in [2.75, 3.05) is 19.6 Å². The van der Waals surface area contributed by atoms with Crippen LogP contribution >= 0.6 is 27.5 Å². The van der Waals surface area contributed by atoms with Crippen molar-refractivity contribution in [1.29, 1.82) is 0 Å². The molecule has 1 aliphatic rings.